The molecule has 2 amide bonds. The number of hydrogen-bond acceptors (Lipinski definition) is 5. The number of rotatable bonds is 3. The van der Waals surface area contributed by atoms with Crippen LogP contribution in [0.4, 0.5) is 0 Å². The number of likely N-dealkylation sites (N-methyl/N-ethyl adjacent to an activating group) is 1. The molecule has 0 atom stereocenters. The summed E-state index contributed by atoms with van der Waals surface area (Å²) in [6.45, 7) is 3.93. The highest BCUT2D eigenvalue weighted by atomic mass is 16.5. The first kappa shape index (κ1) is 26.9. The average Bonchev–Trinajstić information content (AvgIpc) is 2.96. The summed E-state index contributed by atoms with van der Waals surface area (Å²) in [5.74, 6) is 1.33. The molecule has 0 radical (unpaired) electrons. The van der Waals surface area contributed by atoms with Gasteiger partial charge in [0.2, 0.25) is 5.91 Å². The molecule has 5 rings (SSSR count). The number of pyridine rings is 1. The highest BCUT2D eigenvalue weighted by molar-refractivity contribution is 5.94. The normalized spacial score (nSPS) is 17.7. The largest absolute Gasteiger partial charge is 0.491 e. The summed E-state index contributed by atoms with van der Waals surface area (Å²) in [6.07, 6.45) is 6.91. The fourth-order valence-corrected chi connectivity index (χ4v) is 5.47. The van der Waals surface area contributed by atoms with Crippen LogP contribution < -0.4 is 4.74 Å². The topological polar surface area (TPSA) is 66.0 Å². The van der Waals surface area contributed by atoms with Crippen molar-refractivity contribution in [2.45, 2.75) is 25.7 Å². The van der Waals surface area contributed by atoms with Crippen molar-refractivity contribution in [3.63, 3.8) is 0 Å². The summed E-state index contributed by atoms with van der Waals surface area (Å²) in [6, 6.07) is 18.0. The lowest BCUT2D eigenvalue weighted by molar-refractivity contribution is -0.133. The van der Waals surface area contributed by atoms with Crippen LogP contribution in [-0.4, -0.2) is 84.9 Å². The van der Waals surface area contributed by atoms with E-state index < -0.39 is 0 Å². The molecular formula is C32H38N4O3. The smallest absolute Gasteiger partial charge is 0.253 e. The van der Waals surface area contributed by atoms with Gasteiger partial charge < -0.3 is 19.4 Å². The molecule has 7 heteroatoms. The first-order valence-corrected chi connectivity index (χ1v) is 13.9. The van der Waals surface area contributed by atoms with Crippen LogP contribution in [-0.2, 0) is 11.2 Å². The van der Waals surface area contributed by atoms with Crippen LogP contribution in [0.3, 0.4) is 0 Å². The van der Waals surface area contributed by atoms with E-state index in [9.17, 15) is 9.59 Å². The number of ether oxygens (including phenoxy) is 1. The number of hydrogen-bond donors (Lipinski definition) is 0. The Bertz CT molecular complexity index is 1290. The van der Waals surface area contributed by atoms with Gasteiger partial charge >= 0.3 is 0 Å². The van der Waals surface area contributed by atoms with E-state index in [-0.39, 0.29) is 11.8 Å². The Morgan fingerprint density at radius 1 is 0.923 bits per heavy atom. The van der Waals surface area contributed by atoms with Crippen LogP contribution in [0.5, 0.6) is 5.75 Å². The number of amides is 2. The number of carbonyl (C=O) groups excluding carboxylic acids is 2. The van der Waals surface area contributed by atoms with E-state index >= 15 is 0 Å². The van der Waals surface area contributed by atoms with E-state index in [1.165, 1.54) is 0 Å². The van der Waals surface area contributed by atoms with Gasteiger partial charge in [-0.25, -0.2) is 0 Å². The molecule has 0 aliphatic carbocycles. The third kappa shape index (κ3) is 6.84. The van der Waals surface area contributed by atoms with Gasteiger partial charge in [-0.1, -0.05) is 24.3 Å². The van der Waals surface area contributed by atoms with Crippen LogP contribution in [0, 0.1) is 5.92 Å². The fraction of sp³-hybridized carbons (Fsp3) is 0.406. The minimum atomic E-state index is -0.0304. The highest BCUT2D eigenvalue weighted by Gasteiger charge is 2.24. The van der Waals surface area contributed by atoms with E-state index in [2.05, 4.69) is 29.1 Å². The average molecular weight is 527 g/mol. The number of fused-ring (bicyclic) bond motifs is 3. The molecule has 2 aliphatic heterocycles. The standard InChI is InChI=1S/C32H38N4O3/c1-34-13-10-24(11-14-34)21-31(37)36-16-15-35(2)32(38)27-6-3-5-25(19-27)20-29-22-26(28-7-4-12-33-23-28)8-9-30(29)39-18-17-36/h3-9,12,19,22-24H,10-11,13-18,20-21H2,1-2H3. The Labute approximate surface area is 231 Å². The van der Waals surface area contributed by atoms with E-state index in [0.717, 1.165) is 53.9 Å². The van der Waals surface area contributed by atoms with Crippen molar-refractivity contribution in [3.05, 3.63) is 83.7 Å². The minimum Gasteiger partial charge on any atom is -0.491 e. The van der Waals surface area contributed by atoms with E-state index in [1.54, 1.807) is 11.1 Å². The van der Waals surface area contributed by atoms with Gasteiger partial charge in [-0.15, -0.1) is 0 Å². The molecule has 3 aromatic rings. The molecule has 2 bridgehead atoms. The second-order valence-corrected chi connectivity index (χ2v) is 10.8. The third-order valence-electron chi connectivity index (χ3n) is 7.95. The van der Waals surface area contributed by atoms with Gasteiger partial charge in [0, 0.05) is 56.5 Å². The molecular weight excluding hydrogens is 488 g/mol. The summed E-state index contributed by atoms with van der Waals surface area (Å²) in [5.41, 5.74) is 4.84. The fourth-order valence-electron chi connectivity index (χ4n) is 5.47. The lowest BCUT2D eigenvalue weighted by atomic mass is 9.93. The van der Waals surface area contributed by atoms with Crippen molar-refractivity contribution in [1.29, 1.82) is 0 Å². The van der Waals surface area contributed by atoms with Gasteiger partial charge in [0.05, 0.1) is 6.54 Å². The zero-order chi connectivity index (χ0) is 27.2. The molecule has 2 aliphatic rings. The number of aromatic nitrogens is 1. The molecule has 2 aromatic carbocycles. The molecule has 3 heterocycles. The molecule has 0 spiro atoms. The number of piperidine rings is 1. The quantitative estimate of drug-likeness (QED) is 0.507. The van der Waals surface area contributed by atoms with Crippen molar-refractivity contribution < 1.29 is 14.3 Å². The van der Waals surface area contributed by atoms with Gasteiger partial charge in [-0.3, -0.25) is 14.6 Å². The molecule has 0 unspecified atom stereocenters. The highest BCUT2D eigenvalue weighted by Crippen LogP contribution is 2.29. The zero-order valence-electron chi connectivity index (χ0n) is 23.0. The predicted molar refractivity (Wildman–Crippen MR) is 153 cm³/mol. The van der Waals surface area contributed by atoms with Crippen LogP contribution in [0.15, 0.2) is 67.0 Å². The maximum atomic E-state index is 13.4. The van der Waals surface area contributed by atoms with Gasteiger partial charge in [0.1, 0.15) is 12.4 Å². The number of benzene rings is 2. The summed E-state index contributed by atoms with van der Waals surface area (Å²) in [5, 5.41) is 0. The summed E-state index contributed by atoms with van der Waals surface area (Å²) >= 11 is 0. The van der Waals surface area contributed by atoms with E-state index in [1.807, 2.05) is 60.6 Å². The molecule has 1 aromatic heterocycles. The third-order valence-corrected chi connectivity index (χ3v) is 7.95. The van der Waals surface area contributed by atoms with Gasteiger partial charge in [-0.2, -0.15) is 0 Å². The number of likely N-dealkylation sites (tertiary alicyclic amines) is 1. The first-order valence-electron chi connectivity index (χ1n) is 13.9. The molecule has 7 nitrogen and oxygen atoms in total. The Balaban J connectivity index is 1.41. The monoisotopic (exact) mass is 526 g/mol. The van der Waals surface area contributed by atoms with Crippen molar-refractivity contribution >= 4 is 11.8 Å². The van der Waals surface area contributed by atoms with Crippen molar-refractivity contribution in [3.8, 4) is 16.9 Å². The van der Waals surface area contributed by atoms with Crippen LogP contribution in [0.2, 0.25) is 0 Å². The van der Waals surface area contributed by atoms with Crippen molar-refractivity contribution in [2.75, 3.05) is 53.4 Å². The van der Waals surface area contributed by atoms with Crippen LogP contribution in [0.25, 0.3) is 11.1 Å². The lowest BCUT2D eigenvalue weighted by Crippen LogP contribution is -2.42. The summed E-state index contributed by atoms with van der Waals surface area (Å²) in [7, 11) is 3.95. The molecule has 204 valence electrons. The van der Waals surface area contributed by atoms with E-state index in [4.69, 9.17) is 4.74 Å². The summed E-state index contributed by atoms with van der Waals surface area (Å²) < 4.78 is 6.33. The molecule has 1 fully saturated rings. The maximum absolute atomic E-state index is 13.4. The predicted octanol–water partition coefficient (Wildman–Crippen LogP) is 4.36. The van der Waals surface area contributed by atoms with Crippen molar-refractivity contribution in [1.82, 2.24) is 19.7 Å². The second kappa shape index (κ2) is 12.4. The Morgan fingerprint density at radius 3 is 2.54 bits per heavy atom. The molecule has 39 heavy (non-hydrogen) atoms. The van der Waals surface area contributed by atoms with Gasteiger partial charge in [0.25, 0.3) is 5.91 Å². The van der Waals surface area contributed by atoms with Crippen LogP contribution >= 0.6 is 0 Å². The SMILES string of the molecule is CN1CCC(CC(=O)N2CCOc3ccc(-c4cccnc4)cc3Cc3cccc(c3)C(=O)N(C)CC2)CC1. The Hall–Kier alpha value is -3.71. The molecule has 0 N–H and O–H groups in total. The maximum Gasteiger partial charge on any atom is 0.253 e. The molecule has 1 saturated heterocycles. The van der Waals surface area contributed by atoms with Gasteiger partial charge in [0.15, 0.2) is 0 Å². The Morgan fingerprint density at radius 2 is 1.74 bits per heavy atom. The second-order valence-electron chi connectivity index (χ2n) is 10.8. The summed E-state index contributed by atoms with van der Waals surface area (Å²) in [4.78, 5) is 36.9. The van der Waals surface area contributed by atoms with E-state index in [0.29, 0.717) is 50.6 Å². The Kier molecular flexibility index (Phi) is 8.57. The van der Waals surface area contributed by atoms with Crippen molar-refractivity contribution in [2.24, 2.45) is 5.92 Å². The molecule has 0 saturated carbocycles. The lowest BCUT2D eigenvalue weighted by Gasteiger charge is -2.31. The number of carbonyl (C=O) groups is 2. The first-order chi connectivity index (χ1) is 19.0. The zero-order valence-corrected chi connectivity index (χ0v) is 23.0. The number of nitrogens with zero attached hydrogens (tertiary/aromatic N) is 4. The minimum absolute atomic E-state index is 0.0304. The van der Waals surface area contributed by atoms with Crippen LogP contribution in [0.1, 0.15) is 40.7 Å². The van der Waals surface area contributed by atoms with Gasteiger partial charge in [-0.05, 0) is 85.9 Å².